The maximum Gasteiger partial charge on any atom is 0.144 e. The van der Waals surface area contributed by atoms with E-state index < -0.39 is 0 Å². The lowest BCUT2D eigenvalue weighted by atomic mass is 10.3. The second-order valence-electron chi connectivity index (χ2n) is 2.24. The summed E-state index contributed by atoms with van der Waals surface area (Å²) in [5, 5.41) is 19.9. The molecule has 0 saturated heterocycles. The molecule has 0 fully saturated rings. The molecule has 12 heavy (non-hydrogen) atoms. The zero-order valence-corrected chi connectivity index (χ0v) is 6.12. The number of aromatic nitrogens is 4. The quantitative estimate of drug-likeness (QED) is 0.657. The van der Waals surface area contributed by atoms with Gasteiger partial charge in [-0.3, -0.25) is 0 Å². The normalized spacial score (nSPS) is 10.0. The van der Waals surface area contributed by atoms with Crippen LogP contribution in [-0.2, 0) is 0 Å². The highest BCUT2D eigenvalue weighted by Crippen LogP contribution is 2.18. The third-order valence-electron chi connectivity index (χ3n) is 1.48. The van der Waals surface area contributed by atoms with Gasteiger partial charge in [0.05, 0.1) is 0 Å². The summed E-state index contributed by atoms with van der Waals surface area (Å²) in [6, 6.07) is 6.85. The Bertz CT molecular complexity index is 371. The molecule has 1 aromatic heterocycles. The van der Waals surface area contributed by atoms with E-state index in [0.29, 0.717) is 5.69 Å². The highest BCUT2D eigenvalue weighted by molar-refractivity contribution is 5.43. The first-order valence-corrected chi connectivity index (χ1v) is 3.39. The lowest BCUT2D eigenvalue weighted by molar-refractivity contribution is 0.470. The minimum atomic E-state index is 0.157. The molecular formula is C7H6N4O. The molecule has 0 aliphatic rings. The average Bonchev–Trinajstić information content (AvgIpc) is 2.57. The SMILES string of the molecule is Oc1ccccc1-n1cnnn1. The van der Waals surface area contributed by atoms with Gasteiger partial charge in [0.15, 0.2) is 0 Å². The summed E-state index contributed by atoms with van der Waals surface area (Å²) < 4.78 is 1.40. The van der Waals surface area contributed by atoms with Crippen molar-refractivity contribution < 1.29 is 5.11 Å². The van der Waals surface area contributed by atoms with Crippen molar-refractivity contribution in [2.75, 3.05) is 0 Å². The van der Waals surface area contributed by atoms with Crippen molar-refractivity contribution in [1.82, 2.24) is 20.2 Å². The Morgan fingerprint density at radius 1 is 1.25 bits per heavy atom. The minimum absolute atomic E-state index is 0.157. The van der Waals surface area contributed by atoms with E-state index in [4.69, 9.17) is 0 Å². The third-order valence-corrected chi connectivity index (χ3v) is 1.48. The minimum Gasteiger partial charge on any atom is -0.506 e. The lowest BCUT2D eigenvalue weighted by Gasteiger charge is -2.00. The van der Waals surface area contributed by atoms with E-state index in [9.17, 15) is 5.11 Å². The first-order valence-electron chi connectivity index (χ1n) is 3.39. The molecule has 0 unspecified atom stereocenters. The van der Waals surface area contributed by atoms with Gasteiger partial charge in [-0.2, -0.15) is 4.68 Å². The van der Waals surface area contributed by atoms with Crippen molar-refractivity contribution in [1.29, 1.82) is 0 Å². The second-order valence-corrected chi connectivity index (χ2v) is 2.24. The molecule has 0 aliphatic heterocycles. The van der Waals surface area contributed by atoms with Gasteiger partial charge in [0.25, 0.3) is 0 Å². The van der Waals surface area contributed by atoms with Crippen molar-refractivity contribution in [2.45, 2.75) is 0 Å². The van der Waals surface area contributed by atoms with E-state index in [0.717, 1.165) is 0 Å². The van der Waals surface area contributed by atoms with Gasteiger partial charge in [-0.05, 0) is 22.6 Å². The Morgan fingerprint density at radius 2 is 2.08 bits per heavy atom. The molecule has 1 heterocycles. The molecule has 0 saturated carbocycles. The molecule has 1 N–H and O–H groups in total. The zero-order valence-electron chi connectivity index (χ0n) is 6.12. The highest BCUT2D eigenvalue weighted by Gasteiger charge is 2.01. The van der Waals surface area contributed by atoms with Gasteiger partial charge in [0.2, 0.25) is 0 Å². The van der Waals surface area contributed by atoms with Crippen LogP contribution in [0.1, 0.15) is 0 Å². The molecule has 2 aromatic rings. The summed E-state index contributed by atoms with van der Waals surface area (Å²) in [7, 11) is 0. The first kappa shape index (κ1) is 6.78. The molecule has 0 bridgehead atoms. The van der Waals surface area contributed by atoms with E-state index in [1.807, 2.05) is 0 Å². The monoisotopic (exact) mass is 162 g/mol. The lowest BCUT2D eigenvalue weighted by Crippen LogP contribution is -1.94. The van der Waals surface area contributed by atoms with E-state index in [1.54, 1.807) is 24.3 Å². The Hall–Kier alpha value is -1.91. The molecule has 0 aliphatic carbocycles. The van der Waals surface area contributed by atoms with Crippen LogP contribution in [0.25, 0.3) is 5.69 Å². The molecule has 5 nitrogen and oxygen atoms in total. The van der Waals surface area contributed by atoms with Gasteiger partial charge >= 0.3 is 0 Å². The van der Waals surface area contributed by atoms with Crippen LogP contribution in [0.15, 0.2) is 30.6 Å². The fraction of sp³-hybridized carbons (Fsp3) is 0. The van der Waals surface area contributed by atoms with Crippen molar-refractivity contribution in [3.63, 3.8) is 0 Å². The predicted molar refractivity (Wildman–Crippen MR) is 40.8 cm³/mol. The summed E-state index contributed by atoms with van der Waals surface area (Å²) in [6.45, 7) is 0. The fourth-order valence-electron chi connectivity index (χ4n) is 0.930. The van der Waals surface area contributed by atoms with Crippen LogP contribution in [0, 0.1) is 0 Å². The Kier molecular flexibility index (Phi) is 1.48. The number of hydrogen-bond donors (Lipinski definition) is 1. The molecule has 2 rings (SSSR count). The van der Waals surface area contributed by atoms with Gasteiger partial charge in [0.1, 0.15) is 17.8 Å². The number of phenolic OH excluding ortho intramolecular Hbond substituents is 1. The molecule has 0 radical (unpaired) electrons. The largest absolute Gasteiger partial charge is 0.506 e. The van der Waals surface area contributed by atoms with E-state index in [1.165, 1.54) is 11.0 Å². The van der Waals surface area contributed by atoms with Gasteiger partial charge in [-0.15, -0.1) is 5.10 Å². The number of para-hydroxylation sites is 2. The van der Waals surface area contributed by atoms with E-state index in [-0.39, 0.29) is 5.75 Å². The molecule has 60 valence electrons. The van der Waals surface area contributed by atoms with Crippen LogP contribution in [0.5, 0.6) is 5.75 Å². The van der Waals surface area contributed by atoms with Crippen LogP contribution < -0.4 is 0 Å². The first-order chi connectivity index (χ1) is 5.88. The second kappa shape index (κ2) is 2.61. The predicted octanol–water partition coefficient (Wildman–Crippen LogP) is 0.368. The smallest absolute Gasteiger partial charge is 0.144 e. The number of hydrogen-bond acceptors (Lipinski definition) is 4. The molecule has 0 amide bonds. The molecule has 0 spiro atoms. The fourth-order valence-corrected chi connectivity index (χ4v) is 0.930. The molecule has 1 aromatic carbocycles. The van der Waals surface area contributed by atoms with Crippen LogP contribution >= 0.6 is 0 Å². The van der Waals surface area contributed by atoms with Crippen LogP contribution in [-0.4, -0.2) is 25.3 Å². The Balaban J connectivity index is 2.55. The van der Waals surface area contributed by atoms with Crippen molar-refractivity contribution in [3.05, 3.63) is 30.6 Å². The van der Waals surface area contributed by atoms with Gasteiger partial charge in [0, 0.05) is 0 Å². The van der Waals surface area contributed by atoms with Gasteiger partial charge < -0.3 is 5.11 Å². The van der Waals surface area contributed by atoms with E-state index in [2.05, 4.69) is 15.5 Å². The summed E-state index contributed by atoms with van der Waals surface area (Å²) in [6.07, 6.45) is 1.43. The number of phenols is 1. The molecule has 0 atom stereocenters. The van der Waals surface area contributed by atoms with Gasteiger partial charge in [-0.25, -0.2) is 0 Å². The van der Waals surface area contributed by atoms with Crippen molar-refractivity contribution in [2.24, 2.45) is 0 Å². The summed E-state index contributed by atoms with van der Waals surface area (Å²) in [5.74, 6) is 0.157. The highest BCUT2D eigenvalue weighted by atomic mass is 16.3. The number of aromatic hydroxyl groups is 1. The van der Waals surface area contributed by atoms with Crippen LogP contribution in [0.2, 0.25) is 0 Å². The standard InChI is InChI=1S/C7H6N4O/c12-7-4-2-1-3-6(7)11-5-8-9-10-11/h1-5,12H. The van der Waals surface area contributed by atoms with Gasteiger partial charge in [-0.1, -0.05) is 12.1 Å². The Labute approximate surface area is 68.3 Å². The summed E-state index contributed by atoms with van der Waals surface area (Å²) >= 11 is 0. The number of benzene rings is 1. The number of rotatable bonds is 1. The van der Waals surface area contributed by atoms with Crippen molar-refractivity contribution >= 4 is 0 Å². The third kappa shape index (κ3) is 1.01. The topological polar surface area (TPSA) is 63.8 Å². The van der Waals surface area contributed by atoms with Crippen LogP contribution in [0.4, 0.5) is 0 Å². The Morgan fingerprint density at radius 3 is 2.75 bits per heavy atom. The molecule has 5 heteroatoms. The number of tetrazole rings is 1. The number of nitrogens with zero attached hydrogens (tertiary/aromatic N) is 4. The molecular weight excluding hydrogens is 156 g/mol. The maximum atomic E-state index is 9.37. The summed E-state index contributed by atoms with van der Waals surface area (Å²) in [4.78, 5) is 0. The average molecular weight is 162 g/mol. The van der Waals surface area contributed by atoms with Crippen LogP contribution in [0.3, 0.4) is 0 Å². The van der Waals surface area contributed by atoms with E-state index >= 15 is 0 Å². The summed E-state index contributed by atoms with van der Waals surface area (Å²) in [5.41, 5.74) is 0.572. The maximum absolute atomic E-state index is 9.37. The zero-order chi connectivity index (χ0) is 8.39. The van der Waals surface area contributed by atoms with Crippen molar-refractivity contribution in [3.8, 4) is 11.4 Å².